The van der Waals surface area contributed by atoms with Crippen molar-refractivity contribution >= 4 is 27.7 Å². The third kappa shape index (κ3) is 6.85. The summed E-state index contributed by atoms with van der Waals surface area (Å²) in [4.78, 5) is 31.6. The molecule has 4 nitrogen and oxygen atoms in total. The molecule has 1 unspecified atom stereocenters. The molecule has 0 saturated carbocycles. The first-order chi connectivity index (χ1) is 5.93. The number of alkyl halides is 1. The Hall–Kier alpha value is -0.277. The maximum absolute atomic E-state index is 10.8. The predicted octanol–water partition coefficient (Wildman–Crippen LogP) is 0.491. The fourth-order valence-electron chi connectivity index (χ4n) is 0.706. The summed E-state index contributed by atoms with van der Waals surface area (Å²) in [7, 11) is 0. The van der Waals surface area contributed by atoms with Crippen LogP contribution in [0, 0.1) is 0 Å². The van der Waals surface area contributed by atoms with E-state index in [2.05, 4.69) is 0 Å². The van der Waals surface area contributed by atoms with Crippen LogP contribution in [0.5, 0.6) is 0 Å². The van der Waals surface area contributed by atoms with Gasteiger partial charge in [0.2, 0.25) is 0 Å². The fourth-order valence-corrected chi connectivity index (χ4v) is 1.24. The van der Waals surface area contributed by atoms with Gasteiger partial charge < -0.3 is 0 Å². The second kappa shape index (κ2) is 6.22. The van der Waals surface area contributed by atoms with E-state index in [0.717, 1.165) is 0 Å². The standard InChI is InChI=1S/C7H8ClO4.Zn/c8-5(4-9)1-2-6(10)3-7(11)12;/h5H,1-3H2,(H,11,12);. The van der Waals surface area contributed by atoms with Crippen LogP contribution in [0.25, 0.3) is 0 Å². The SMILES string of the molecule is O=C(O)CC(=O)CCC(Cl)[C](=O)[Zn]. The van der Waals surface area contributed by atoms with Gasteiger partial charge in [-0.05, 0) is 0 Å². The van der Waals surface area contributed by atoms with Crippen molar-refractivity contribution in [2.75, 3.05) is 0 Å². The van der Waals surface area contributed by atoms with E-state index >= 15 is 0 Å². The number of hydrogen-bond donors (Lipinski definition) is 1. The third-order valence-electron chi connectivity index (χ3n) is 1.37. The van der Waals surface area contributed by atoms with Crippen LogP contribution in [-0.4, -0.2) is 26.6 Å². The Balaban J connectivity index is 3.70. The van der Waals surface area contributed by atoms with Crippen molar-refractivity contribution in [3.8, 4) is 0 Å². The van der Waals surface area contributed by atoms with Gasteiger partial charge in [-0.25, -0.2) is 0 Å². The summed E-state index contributed by atoms with van der Waals surface area (Å²) in [5.41, 5.74) is 0. The third-order valence-corrected chi connectivity index (χ3v) is 3.41. The molecular weight excluding hydrogens is 249 g/mol. The van der Waals surface area contributed by atoms with Crippen molar-refractivity contribution < 1.29 is 37.8 Å². The molecule has 0 aromatic carbocycles. The predicted molar refractivity (Wildman–Crippen MR) is 41.1 cm³/mol. The van der Waals surface area contributed by atoms with Gasteiger partial charge in [0.15, 0.2) is 0 Å². The van der Waals surface area contributed by atoms with Crippen LogP contribution >= 0.6 is 11.6 Å². The summed E-state index contributed by atoms with van der Waals surface area (Å²) in [5.74, 6) is -1.54. The first-order valence-corrected chi connectivity index (χ1v) is 5.59. The Bertz CT molecular complexity index is 229. The van der Waals surface area contributed by atoms with Crippen LogP contribution in [0.4, 0.5) is 0 Å². The molecule has 0 aliphatic rings. The Morgan fingerprint density at radius 2 is 1.92 bits per heavy atom. The number of carbonyl (C=O) groups excluding carboxylic acids is 2. The van der Waals surface area contributed by atoms with Crippen LogP contribution in [0.3, 0.4) is 0 Å². The molecule has 0 heterocycles. The number of Topliss-reactive ketones (excluding diaryl/α,β-unsaturated/α-hetero) is 1. The molecule has 0 spiro atoms. The van der Waals surface area contributed by atoms with Crippen molar-refractivity contribution in [3.63, 3.8) is 0 Å². The molecule has 0 bridgehead atoms. The summed E-state index contributed by atoms with van der Waals surface area (Å²) in [6.45, 7) is 0. The summed E-state index contributed by atoms with van der Waals surface area (Å²) in [6, 6.07) is 0. The van der Waals surface area contributed by atoms with Gasteiger partial charge in [-0.2, -0.15) is 0 Å². The van der Waals surface area contributed by atoms with E-state index in [0.29, 0.717) is 18.3 Å². The van der Waals surface area contributed by atoms with Gasteiger partial charge in [-0.3, -0.25) is 0 Å². The van der Waals surface area contributed by atoms with Crippen LogP contribution in [0.1, 0.15) is 19.3 Å². The number of aliphatic carboxylic acids is 1. The summed E-state index contributed by atoms with van der Waals surface area (Å²) in [6.07, 6.45) is -0.184. The van der Waals surface area contributed by atoms with Gasteiger partial charge in [0.05, 0.1) is 0 Å². The number of carbonyl (C=O) groups is 3. The van der Waals surface area contributed by atoms with Crippen molar-refractivity contribution in [2.45, 2.75) is 24.6 Å². The molecule has 1 N–H and O–H groups in total. The molecule has 0 rings (SSSR count). The number of ketones is 1. The van der Waals surface area contributed by atoms with Gasteiger partial charge in [0.1, 0.15) is 0 Å². The Morgan fingerprint density at radius 1 is 1.38 bits per heavy atom. The van der Waals surface area contributed by atoms with E-state index < -0.39 is 17.8 Å². The zero-order valence-corrected chi connectivity index (χ0v) is 10.7. The molecular formula is C7H8ClO4Zn. The first kappa shape index (κ1) is 12.7. The van der Waals surface area contributed by atoms with Crippen molar-refractivity contribution in [1.29, 1.82) is 0 Å². The zero-order chi connectivity index (χ0) is 10.4. The molecule has 0 aromatic rings. The first-order valence-electron chi connectivity index (χ1n) is 3.67. The Labute approximate surface area is 90.3 Å². The average Bonchev–Trinajstić information content (AvgIpc) is 1.98. The molecule has 0 radical (unpaired) electrons. The minimum absolute atomic E-state index is 0.0617. The molecule has 6 heteroatoms. The molecule has 0 fully saturated rings. The van der Waals surface area contributed by atoms with E-state index in [1.165, 1.54) is 0 Å². The van der Waals surface area contributed by atoms with E-state index in [4.69, 9.17) is 16.7 Å². The number of carboxylic acids is 1. The molecule has 0 amide bonds. The molecule has 0 aliphatic heterocycles. The topological polar surface area (TPSA) is 71.4 Å². The average molecular weight is 257 g/mol. The maximum atomic E-state index is 10.8. The normalized spacial score (nSPS) is 12.2. The number of carboxylic acid groups (broad SMARTS) is 1. The van der Waals surface area contributed by atoms with Gasteiger partial charge in [0.25, 0.3) is 0 Å². The fraction of sp³-hybridized carbons (Fsp3) is 0.571. The van der Waals surface area contributed by atoms with Gasteiger partial charge in [-0.1, -0.05) is 0 Å². The van der Waals surface area contributed by atoms with Crippen LogP contribution in [0.2, 0.25) is 0 Å². The minimum atomic E-state index is -1.15. The summed E-state index contributed by atoms with van der Waals surface area (Å²) >= 11 is 6.04. The van der Waals surface area contributed by atoms with E-state index in [9.17, 15) is 14.4 Å². The van der Waals surface area contributed by atoms with Gasteiger partial charge in [0, 0.05) is 0 Å². The molecule has 13 heavy (non-hydrogen) atoms. The number of rotatable bonds is 6. The number of hydrogen-bond acceptors (Lipinski definition) is 3. The molecule has 0 aliphatic carbocycles. The summed E-state index contributed by atoms with van der Waals surface area (Å²) in [5, 5.41) is 7.62. The van der Waals surface area contributed by atoms with Crippen LogP contribution in [0.15, 0.2) is 0 Å². The molecule has 69 valence electrons. The molecule has 0 saturated heterocycles. The molecule has 0 aromatic heterocycles. The van der Waals surface area contributed by atoms with Crippen LogP contribution in [-0.2, 0) is 32.7 Å². The van der Waals surface area contributed by atoms with Crippen LogP contribution < -0.4 is 0 Å². The van der Waals surface area contributed by atoms with Crippen molar-refractivity contribution in [2.24, 2.45) is 0 Å². The zero-order valence-electron chi connectivity index (χ0n) is 6.96. The monoisotopic (exact) mass is 255 g/mol. The van der Waals surface area contributed by atoms with E-state index in [1.54, 1.807) is 0 Å². The van der Waals surface area contributed by atoms with Crippen molar-refractivity contribution in [3.05, 3.63) is 0 Å². The van der Waals surface area contributed by atoms with E-state index in [-0.39, 0.29) is 23.0 Å². The number of halogens is 1. The Kier molecular flexibility index (Phi) is 6.09. The Morgan fingerprint density at radius 3 is 2.31 bits per heavy atom. The van der Waals surface area contributed by atoms with Crippen molar-refractivity contribution in [1.82, 2.24) is 0 Å². The van der Waals surface area contributed by atoms with Gasteiger partial charge >= 0.3 is 90.2 Å². The second-order valence-electron chi connectivity index (χ2n) is 2.58. The molecule has 1 atom stereocenters. The quantitative estimate of drug-likeness (QED) is 0.427. The van der Waals surface area contributed by atoms with E-state index in [1.807, 2.05) is 0 Å². The second-order valence-corrected chi connectivity index (χ2v) is 4.57. The van der Waals surface area contributed by atoms with Gasteiger partial charge in [-0.15, -0.1) is 0 Å². The summed E-state index contributed by atoms with van der Waals surface area (Å²) < 4.78 is -0.0789.